The van der Waals surface area contributed by atoms with E-state index >= 15 is 0 Å². The summed E-state index contributed by atoms with van der Waals surface area (Å²) in [5.41, 5.74) is 0. The van der Waals surface area contributed by atoms with Gasteiger partial charge in [-0.15, -0.1) is 0 Å². The first-order valence-electron chi connectivity index (χ1n) is 5.98. The third-order valence-electron chi connectivity index (χ3n) is 2.81. The Kier molecular flexibility index (Phi) is 3.74. The molecule has 9 heteroatoms. The van der Waals surface area contributed by atoms with Crippen molar-refractivity contribution in [1.82, 2.24) is 15.0 Å². The Bertz CT molecular complexity index is 559. The van der Waals surface area contributed by atoms with Gasteiger partial charge >= 0.3 is 0 Å². The Labute approximate surface area is 112 Å². The molecule has 2 N–H and O–H groups in total. The third-order valence-corrected chi connectivity index (χ3v) is 4.58. The summed E-state index contributed by atoms with van der Waals surface area (Å²) in [7, 11) is 2.47. The average molecular weight is 286 g/mol. The fourth-order valence-electron chi connectivity index (χ4n) is 1.83. The molecular formula is C10H18N6O2S. The molecule has 0 aromatic carbocycles. The predicted octanol–water partition coefficient (Wildman–Crippen LogP) is -0.422. The molecule has 0 amide bonds. The molecule has 2 heterocycles. The molecule has 1 unspecified atom stereocenters. The molecule has 1 aliphatic heterocycles. The monoisotopic (exact) mass is 286 g/mol. The van der Waals surface area contributed by atoms with Crippen LogP contribution in [-0.4, -0.2) is 62.1 Å². The van der Waals surface area contributed by atoms with Gasteiger partial charge in [-0.2, -0.15) is 15.0 Å². The minimum absolute atomic E-state index is 0.130. The lowest BCUT2D eigenvalue weighted by atomic mass is 10.3. The van der Waals surface area contributed by atoms with Gasteiger partial charge < -0.3 is 15.5 Å². The summed E-state index contributed by atoms with van der Waals surface area (Å²) in [6.45, 7) is 0. The molecule has 1 fully saturated rings. The summed E-state index contributed by atoms with van der Waals surface area (Å²) >= 11 is 0. The van der Waals surface area contributed by atoms with E-state index in [1.807, 2.05) is 14.1 Å². The van der Waals surface area contributed by atoms with Gasteiger partial charge in [-0.25, -0.2) is 8.42 Å². The molecule has 19 heavy (non-hydrogen) atoms. The number of sulfone groups is 1. The van der Waals surface area contributed by atoms with Crippen LogP contribution in [0, 0.1) is 0 Å². The Hall–Kier alpha value is -1.64. The van der Waals surface area contributed by atoms with Gasteiger partial charge in [0.25, 0.3) is 0 Å². The highest BCUT2D eigenvalue weighted by atomic mass is 32.2. The molecule has 8 nitrogen and oxygen atoms in total. The fraction of sp³-hybridized carbons (Fsp3) is 0.700. The molecular weight excluding hydrogens is 268 g/mol. The van der Waals surface area contributed by atoms with Crippen molar-refractivity contribution in [3.05, 3.63) is 0 Å². The zero-order valence-electron chi connectivity index (χ0n) is 11.2. The van der Waals surface area contributed by atoms with Crippen LogP contribution in [0.25, 0.3) is 0 Å². The molecule has 1 saturated heterocycles. The third kappa shape index (κ3) is 3.43. The maximum Gasteiger partial charge on any atom is 0.231 e. The molecule has 0 bridgehead atoms. The lowest BCUT2D eigenvalue weighted by molar-refractivity contribution is 0.602. The minimum atomic E-state index is -2.92. The van der Waals surface area contributed by atoms with Crippen LogP contribution in [0.2, 0.25) is 0 Å². The number of nitrogens with one attached hydrogen (secondary N) is 2. The average Bonchev–Trinajstić information content (AvgIpc) is 2.68. The van der Waals surface area contributed by atoms with Crippen LogP contribution in [0.3, 0.4) is 0 Å². The number of hydrogen-bond acceptors (Lipinski definition) is 8. The maximum absolute atomic E-state index is 11.4. The first-order valence-corrected chi connectivity index (χ1v) is 7.80. The van der Waals surface area contributed by atoms with Crippen LogP contribution in [0.5, 0.6) is 0 Å². The van der Waals surface area contributed by atoms with Crippen molar-refractivity contribution in [3.8, 4) is 0 Å². The van der Waals surface area contributed by atoms with Gasteiger partial charge in [0.05, 0.1) is 11.5 Å². The second kappa shape index (κ2) is 5.16. The normalized spacial score (nSPS) is 21.1. The summed E-state index contributed by atoms with van der Waals surface area (Å²) in [6, 6.07) is -0.132. The molecule has 1 aliphatic rings. The summed E-state index contributed by atoms with van der Waals surface area (Å²) < 4.78 is 22.8. The van der Waals surface area contributed by atoms with Gasteiger partial charge in [-0.05, 0) is 6.42 Å². The van der Waals surface area contributed by atoms with Crippen molar-refractivity contribution in [1.29, 1.82) is 0 Å². The summed E-state index contributed by atoms with van der Waals surface area (Å²) in [4.78, 5) is 14.4. The Morgan fingerprint density at radius 3 is 2.42 bits per heavy atom. The van der Waals surface area contributed by atoms with Gasteiger partial charge in [0.15, 0.2) is 9.84 Å². The molecule has 1 atom stereocenters. The zero-order chi connectivity index (χ0) is 14.0. The van der Waals surface area contributed by atoms with Crippen molar-refractivity contribution in [2.45, 2.75) is 12.5 Å². The fourth-order valence-corrected chi connectivity index (χ4v) is 3.51. The molecule has 0 radical (unpaired) electrons. The largest absolute Gasteiger partial charge is 0.357 e. The van der Waals surface area contributed by atoms with E-state index in [0.717, 1.165) is 0 Å². The summed E-state index contributed by atoms with van der Waals surface area (Å²) in [5.74, 6) is 1.70. The second-order valence-electron chi connectivity index (χ2n) is 4.67. The number of hydrogen-bond donors (Lipinski definition) is 2. The number of rotatable bonds is 4. The van der Waals surface area contributed by atoms with Crippen molar-refractivity contribution in [2.24, 2.45) is 0 Å². The van der Waals surface area contributed by atoms with Gasteiger partial charge in [-0.1, -0.05) is 0 Å². The van der Waals surface area contributed by atoms with Crippen molar-refractivity contribution in [2.75, 3.05) is 48.2 Å². The molecule has 0 spiro atoms. The highest BCUT2D eigenvalue weighted by Crippen LogP contribution is 2.17. The van der Waals surface area contributed by atoms with Crippen LogP contribution in [0.4, 0.5) is 17.8 Å². The Morgan fingerprint density at radius 2 is 1.89 bits per heavy atom. The Balaban J connectivity index is 2.18. The standard InChI is InChI=1S/C10H18N6O2S/c1-11-8-13-9(15-10(14-8)16(2)3)12-7-4-5-19(17,18)6-7/h7H,4-6H2,1-3H3,(H2,11,12,13,14,15). The number of aromatic nitrogens is 3. The van der Waals surface area contributed by atoms with Crippen LogP contribution >= 0.6 is 0 Å². The summed E-state index contributed by atoms with van der Waals surface area (Å²) in [5, 5.41) is 5.92. The lowest BCUT2D eigenvalue weighted by Gasteiger charge is -2.15. The minimum Gasteiger partial charge on any atom is -0.357 e. The molecule has 0 aliphatic carbocycles. The van der Waals surface area contributed by atoms with Gasteiger partial charge in [-0.3, -0.25) is 0 Å². The van der Waals surface area contributed by atoms with E-state index in [4.69, 9.17) is 0 Å². The number of anilines is 3. The predicted molar refractivity (Wildman–Crippen MR) is 74.4 cm³/mol. The van der Waals surface area contributed by atoms with E-state index in [2.05, 4.69) is 25.6 Å². The van der Waals surface area contributed by atoms with E-state index < -0.39 is 9.84 Å². The Morgan fingerprint density at radius 1 is 1.21 bits per heavy atom. The van der Waals surface area contributed by atoms with Gasteiger partial charge in [0.1, 0.15) is 0 Å². The van der Waals surface area contributed by atoms with Gasteiger partial charge in [0, 0.05) is 27.2 Å². The first kappa shape index (κ1) is 13.8. The molecule has 1 aromatic heterocycles. The van der Waals surface area contributed by atoms with E-state index in [1.165, 1.54) is 0 Å². The quantitative estimate of drug-likeness (QED) is 0.769. The molecule has 1 aromatic rings. The lowest BCUT2D eigenvalue weighted by Crippen LogP contribution is -2.23. The van der Waals surface area contributed by atoms with Crippen molar-refractivity contribution < 1.29 is 8.42 Å². The summed E-state index contributed by atoms with van der Waals surface area (Å²) in [6.07, 6.45) is 0.584. The topological polar surface area (TPSA) is 100 Å². The first-order chi connectivity index (χ1) is 8.89. The van der Waals surface area contributed by atoms with E-state index in [9.17, 15) is 8.42 Å². The van der Waals surface area contributed by atoms with Crippen LogP contribution < -0.4 is 15.5 Å². The molecule has 2 rings (SSSR count). The van der Waals surface area contributed by atoms with Crippen LogP contribution in [0.1, 0.15) is 6.42 Å². The van der Waals surface area contributed by atoms with Crippen molar-refractivity contribution >= 4 is 27.7 Å². The zero-order valence-corrected chi connectivity index (χ0v) is 12.0. The van der Waals surface area contributed by atoms with Gasteiger partial charge in [0.2, 0.25) is 17.8 Å². The number of nitrogens with zero attached hydrogens (tertiary/aromatic N) is 4. The smallest absolute Gasteiger partial charge is 0.231 e. The van der Waals surface area contributed by atoms with Crippen LogP contribution in [0.15, 0.2) is 0 Å². The van der Waals surface area contributed by atoms with E-state index in [-0.39, 0.29) is 17.5 Å². The highest BCUT2D eigenvalue weighted by molar-refractivity contribution is 7.91. The maximum atomic E-state index is 11.4. The van der Waals surface area contributed by atoms with Crippen molar-refractivity contribution in [3.63, 3.8) is 0 Å². The van der Waals surface area contributed by atoms with Crippen LogP contribution in [-0.2, 0) is 9.84 Å². The molecule has 0 saturated carbocycles. The molecule has 106 valence electrons. The van der Waals surface area contributed by atoms with E-state index in [1.54, 1.807) is 11.9 Å². The van der Waals surface area contributed by atoms with E-state index in [0.29, 0.717) is 24.3 Å². The SMILES string of the molecule is CNc1nc(NC2CCS(=O)(=O)C2)nc(N(C)C)n1. The highest BCUT2D eigenvalue weighted by Gasteiger charge is 2.28. The second-order valence-corrected chi connectivity index (χ2v) is 6.90.